The fourth-order valence-corrected chi connectivity index (χ4v) is 4.84. The number of rotatable bonds is 4. The lowest BCUT2D eigenvalue weighted by Crippen LogP contribution is -2.33. The lowest BCUT2D eigenvalue weighted by Gasteiger charge is -2.27. The Kier molecular flexibility index (Phi) is 5.29. The molecule has 1 saturated carbocycles. The number of hydrogen-bond acceptors (Lipinski definition) is 5. The van der Waals surface area contributed by atoms with Crippen LogP contribution >= 0.6 is 0 Å². The molecule has 32 heavy (non-hydrogen) atoms. The van der Waals surface area contributed by atoms with E-state index < -0.39 is 0 Å². The highest BCUT2D eigenvalue weighted by Crippen LogP contribution is 2.34. The molecule has 6 nitrogen and oxygen atoms in total. The van der Waals surface area contributed by atoms with E-state index in [1.54, 1.807) is 29.9 Å². The van der Waals surface area contributed by atoms with Crippen LogP contribution in [0.25, 0.3) is 22.1 Å². The topological polar surface area (TPSA) is 74.3 Å². The predicted octanol–water partition coefficient (Wildman–Crippen LogP) is 5.17. The van der Waals surface area contributed by atoms with Gasteiger partial charge in [0.05, 0.1) is 18.5 Å². The summed E-state index contributed by atoms with van der Waals surface area (Å²) in [5.74, 6) is 1.46. The van der Waals surface area contributed by atoms with E-state index in [0.29, 0.717) is 22.5 Å². The maximum Gasteiger partial charge on any atom is 0.269 e. The van der Waals surface area contributed by atoms with E-state index in [0.717, 1.165) is 31.2 Å². The van der Waals surface area contributed by atoms with Crippen LogP contribution < -0.4 is 15.7 Å². The maximum absolute atomic E-state index is 13.8. The van der Waals surface area contributed by atoms with Gasteiger partial charge >= 0.3 is 0 Å². The van der Waals surface area contributed by atoms with Crippen molar-refractivity contribution < 1.29 is 9.15 Å². The van der Waals surface area contributed by atoms with Crippen molar-refractivity contribution in [3.05, 3.63) is 80.5 Å². The molecule has 0 aliphatic heterocycles. The van der Waals surface area contributed by atoms with Gasteiger partial charge in [0.15, 0.2) is 5.39 Å². The summed E-state index contributed by atoms with van der Waals surface area (Å²) in [6.45, 7) is 1.99. The zero-order chi connectivity index (χ0) is 22.2. The number of benzene rings is 2. The number of methoxy groups -OCH3 is 1. The van der Waals surface area contributed by atoms with Gasteiger partial charge in [0.25, 0.3) is 5.56 Å². The molecular formula is C26H26N2O4. The smallest absolute Gasteiger partial charge is 0.269 e. The van der Waals surface area contributed by atoms with Crippen LogP contribution in [0.1, 0.15) is 62.4 Å². The Balaban J connectivity index is 1.82. The predicted molar refractivity (Wildman–Crippen MR) is 125 cm³/mol. The van der Waals surface area contributed by atoms with Crippen molar-refractivity contribution in [2.24, 2.45) is 0 Å². The van der Waals surface area contributed by atoms with Crippen LogP contribution in [-0.4, -0.2) is 16.7 Å². The second kappa shape index (κ2) is 8.26. The summed E-state index contributed by atoms with van der Waals surface area (Å²) in [5, 5.41) is 0.353. The average Bonchev–Trinajstić information content (AvgIpc) is 2.84. The van der Waals surface area contributed by atoms with Crippen LogP contribution in [0.5, 0.6) is 5.75 Å². The van der Waals surface area contributed by atoms with Crippen LogP contribution in [-0.2, 0) is 0 Å². The van der Waals surface area contributed by atoms with Gasteiger partial charge in [0, 0.05) is 12.0 Å². The van der Waals surface area contributed by atoms with Crippen LogP contribution in [0.3, 0.4) is 0 Å². The minimum absolute atomic E-state index is 0.00464. The largest absolute Gasteiger partial charge is 0.497 e. The van der Waals surface area contributed by atoms with Gasteiger partial charge in [0.2, 0.25) is 11.1 Å². The Morgan fingerprint density at radius 1 is 1.06 bits per heavy atom. The summed E-state index contributed by atoms with van der Waals surface area (Å²) in [5.41, 5.74) is 0.793. The highest BCUT2D eigenvalue weighted by Gasteiger charge is 2.27. The standard InChI is InChI=1S/C26H26N2O4/c1-16(17-9-5-3-6-10-17)28-24(18-11-7-4-8-12-18)27-25-22(26(28)30)23(29)20-14-13-19(31-2)15-21(20)32-25/h3,5-6,9-10,13-16,18H,4,7-8,11-12H2,1-2H3. The van der Waals surface area contributed by atoms with Crippen molar-refractivity contribution in [1.82, 2.24) is 9.55 Å². The number of nitrogens with zero attached hydrogens (tertiary/aromatic N) is 2. The minimum Gasteiger partial charge on any atom is -0.497 e. The van der Waals surface area contributed by atoms with Crippen LogP contribution in [0.2, 0.25) is 0 Å². The van der Waals surface area contributed by atoms with E-state index in [-0.39, 0.29) is 34.0 Å². The van der Waals surface area contributed by atoms with E-state index >= 15 is 0 Å². The fraction of sp³-hybridized carbons (Fsp3) is 0.346. The molecule has 0 radical (unpaired) electrons. The minimum atomic E-state index is -0.356. The molecule has 6 heteroatoms. The number of hydrogen-bond donors (Lipinski definition) is 0. The molecule has 2 heterocycles. The third kappa shape index (κ3) is 3.40. The molecule has 1 aliphatic carbocycles. The molecule has 2 aromatic heterocycles. The number of aromatic nitrogens is 2. The first-order chi connectivity index (χ1) is 15.6. The molecule has 1 aliphatic rings. The van der Waals surface area contributed by atoms with Gasteiger partial charge in [-0.15, -0.1) is 0 Å². The molecule has 0 saturated heterocycles. The number of ether oxygens (including phenoxy) is 1. The van der Waals surface area contributed by atoms with Gasteiger partial charge in [0.1, 0.15) is 17.2 Å². The van der Waals surface area contributed by atoms with Gasteiger partial charge in [-0.2, -0.15) is 4.98 Å². The van der Waals surface area contributed by atoms with Crippen LogP contribution in [0.4, 0.5) is 0 Å². The van der Waals surface area contributed by atoms with E-state index in [4.69, 9.17) is 14.1 Å². The zero-order valence-corrected chi connectivity index (χ0v) is 18.3. The molecule has 4 aromatic rings. The first kappa shape index (κ1) is 20.5. The van der Waals surface area contributed by atoms with Gasteiger partial charge < -0.3 is 9.15 Å². The molecule has 0 bridgehead atoms. The first-order valence-electron chi connectivity index (χ1n) is 11.2. The molecule has 5 rings (SSSR count). The molecule has 1 fully saturated rings. The van der Waals surface area contributed by atoms with Crippen LogP contribution in [0, 0.1) is 0 Å². The Morgan fingerprint density at radius 2 is 1.81 bits per heavy atom. The summed E-state index contributed by atoms with van der Waals surface area (Å²) >= 11 is 0. The zero-order valence-electron chi connectivity index (χ0n) is 18.3. The highest BCUT2D eigenvalue weighted by atomic mass is 16.5. The normalized spacial score (nSPS) is 15.8. The lowest BCUT2D eigenvalue weighted by atomic mass is 9.88. The van der Waals surface area contributed by atoms with Crippen molar-refractivity contribution in [1.29, 1.82) is 0 Å². The van der Waals surface area contributed by atoms with Crippen molar-refractivity contribution in [3.63, 3.8) is 0 Å². The second-order valence-electron chi connectivity index (χ2n) is 8.54. The van der Waals surface area contributed by atoms with Crippen molar-refractivity contribution in [2.75, 3.05) is 7.11 Å². The fourth-order valence-electron chi connectivity index (χ4n) is 4.84. The van der Waals surface area contributed by atoms with Crippen LogP contribution in [0.15, 0.2) is 62.5 Å². The molecule has 2 aromatic carbocycles. The molecular weight excluding hydrogens is 404 g/mol. The summed E-state index contributed by atoms with van der Waals surface area (Å²) in [4.78, 5) is 32.0. The number of fused-ring (bicyclic) bond motifs is 2. The van der Waals surface area contributed by atoms with E-state index in [2.05, 4.69) is 0 Å². The summed E-state index contributed by atoms with van der Waals surface area (Å²) in [7, 11) is 1.56. The monoisotopic (exact) mass is 430 g/mol. The Hall–Kier alpha value is -3.41. The maximum atomic E-state index is 13.8. The molecule has 0 N–H and O–H groups in total. The van der Waals surface area contributed by atoms with Gasteiger partial charge in [-0.25, -0.2) is 0 Å². The summed E-state index contributed by atoms with van der Waals surface area (Å²) < 4.78 is 13.0. The van der Waals surface area contributed by atoms with Gasteiger partial charge in [-0.05, 0) is 37.5 Å². The Bertz CT molecular complexity index is 1400. The van der Waals surface area contributed by atoms with Crippen molar-refractivity contribution >= 4 is 22.1 Å². The van der Waals surface area contributed by atoms with Gasteiger partial charge in [-0.1, -0.05) is 49.6 Å². The molecule has 0 spiro atoms. The Morgan fingerprint density at radius 3 is 2.53 bits per heavy atom. The second-order valence-corrected chi connectivity index (χ2v) is 8.54. The molecule has 0 amide bonds. The highest BCUT2D eigenvalue weighted by molar-refractivity contribution is 5.88. The van der Waals surface area contributed by atoms with Crippen molar-refractivity contribution in [3.8, 4) is 5.75 Å². The first-order valence-corrected chi connectivity index (χ1v) is 11.2. The third-order valence-electron chi connectivity index (χ3n) is 6.62. The summed E-state index contributed by atoms with van der Waals surface area (Å²) in [6, 6.07) is 14.6. The molecule has 1 atom stereocenters. The van der Waals surface area contributed by atoms with Crippen molar-refractivity contribution in [2.45, 2.75) is 51.0 Å². The average molecular weight is 431 g/mol. The SMILES string of the molecule is COc1ccc2c(=O)c3c(=O)n(C(C)c4ccccc4)c(C4CCCCC4)nc3oc2c1. The van der Waals surface area contributed by atoms with Gasteiger partial charge in [-0.3, -0.25) is 14.2 Å². The van der Waals surface area contributed by atoms with E-state index in [9.17, 15) is 9.59 Å². The lowest BCUT2D eigenvalue weighted by molar-refractivity contribution is 0.401. The third-order valence-corrected chi connectivity index (χ3v) is 6.62. The summed E-state index contributed by atoms with van der Waals surface area (Å²) in [6.07, 6.45) is 5.37. The van der Waals surface area contributed by atoms with E-state index in [1.807, 2.05) is 37.3 Å². The Labute approximate surface area is 185 Å². The molecule has 1 unspecified atom stereocenters. The quantitative estimate of drug-likeness (QED) is 0.418. The molecule has 164 valence electrons. The van der Waals surface area contributed by atoms with E-state index in [1.165, 1.54) is 6.42 Å².